The van der Waals surface area contributed by atoms with Crippen LogP contribution in [0.5, 0.6) is 0 Å². The first-order valence-electron chi connectivity index (χ1n) is 9.78. The Morgan fingerprint density at radius 1 is 1.07 bits per heavy atom. The summed E-state index contributed by atoms with van der Waals surface area (Å²) in [5, 5.41) is 13.2. The van der Waals surface area contributed by atoms with Crippen LogP contribution in [-0.2, 0) is 19.6 Å². The van der Waals surface area contributed by atoms with E-state index in [1.54, 1.807) is 6.20 Å². The van der Waals surface area contributed by atoms with Crippen LogP contribution >= 0.6 is 0 Å². The largest absolute Gasteiger partial charge is 0.392 e. The topological polar surface area (TPSA) is 45.2 Å². The highest BCUT2D eigenvalue weighted by molar-refractivity contribution is 5.74. The molecule has 2 N–H and O–H groups in total. The van der Waals surface area contributed by atoms with Crippen LogP contribution in [0.3, 0.4) is 0 Å². The second-order valence-electron chi connectivity index (χ2n) is 7.13. The van der Waals surface area contributed by atoms with E-state index in [0.717, 1.165) is 47.3 Å². The third-order valence-electron chi connectivity index (χ3n) is 4.97. The summed E-state index contributed by atoms with van der Waals surface area (Å²) in [6.45, 7) is 9.32. The number of aliphatic hydroxyl groups is 1. The Labute approximate surface area is 167 Å². The summed E-state index contributed by atoms with van der Waals surface area (Å²) in [6, 6.07) is 16.8. The van der Waals surface area contributed by atoms with E-state index in [0.29, 0.717) is 0 Å². The number of aliphatic hydroxyl groups excluding tert-OH is 1. The third-order valence-corrected chi connectivity index (χ3v) is 4.97. The fourth-order valence-corrected chi connectivity index (χ4v) is 3.34. The molecule has 0 unspecified atom stereocenters. The van der Waals surface area contributed by atoms with Crippen LogP contribution < -0.4 is 5.32 Å². The molecule has 0 aliphatic carbocycles. The van der Waals surface area contributed by atoms with Crippen LogP contribution in [0, 0.1) is 6.92 Å². The van der Waals surface area contributed by atoms with Gasteiger partial charge in [0.25, 0.3) is 0 Å². The maximum atomic E-state index is 9.67. The average molecular weight is 373 g/mol. The van der Waals surface area contributed by atoms with Crippen molar-refractivity contribution in [3.05, 3.63) is 95.3 Å². The molecule has 0 spiro atoms. The summed E-state index contributed by atoms with van der Waals surface area (Å²) < 4.78 is 0. The molecule has 3 nitrogen and oxygen atoms in total. The number of nitrogens with zero attached hydrogens (tertiary/aromatic N) is 1. The Balaban J connectivity index is 1.88. The van der Waals surface area contributed by atoms with Gasteiger partial charge < -0.3 is 10.4 Å². The van der Waals surface area contributed by atoms with Gasteiger partial charge in [0.15, 0.2) is 0 Å². The quantitative estimate of drug-likeness (QED) is 0.567. The van der Waals surface area contributed by atoms with Crippen LogP contribution in [0.1, 0.15) is 41.2 Å². The van der Waals surface area contributed by atoms with Crippen molar-refractivity contribution in [2.45, 2.75) is 39.8 Å². The molecule has 0 aliphatic heterocycles. The number of rotatable bonds is 8. The number of benzene rings is 2. The van der Waals surface area contributed by atoms with Crippen molar-refractivity contribution in [1.29, 1.82) is 0 Å². The zero-order chi connectivity index (χ0) is 19.9. The SMILES string of the molecule is C=C(NCc1ccc(C)cc1)c1cc(-c2cnccc2CO)ccc1CCC. The average Bonchev–Trinajstić information content (AvgIpc) is 2.73. The van der Waals surface area contributed by atoms with E-state index in [2.05, 4.69) is 73.2 Å². The van der Waals surface area contributed by atoms with Crippen molar-refractivity contribution in [3.8, 4) is 11.1 Å². The summed E-state index contributed by atoms with van der Waals surface area (Å²) in [6.07, 6.45) is 5.60. The van der Waals surface area contributed by atoms with Crippen LogP contribution in [0.4, 0.5) is 0 Å². The molecule has 3 aromatic rings. The first kappa shape index (κ1) is 19.8. The Bertz CT molecular complexity index is 945. The fraction of sp³-hybridized carbons (Fsp3) is 0.240. The molecule has 0 fully saturated rings. The van der Waals surface area contributed by atoms with E-state index in [-0.39, 0.29) is 6.61 Å². The zero-order valence-corrected chi connectivity index (χ0v) is 16.7. The molecule has 0 atom stereocenters. The van der Waals surface area contributed by atoms with Gasteiger partial charge in [0.2, 0.25) is 0 Å². The Morgan fingerprint density at radius 3 is 2.57 bits per heavy atom. The van der Waals surface area contributed by atoms with Gasteiger partial charge in [-0.3, -0.25) is 4.98 Å². The normalized spacial score (nSPS) is 10.7. The van der Waals surface area contributed by atoms with Crippen LogP contribution in [0.2, 0.25) is 0 Å². The highest BCUT2D eigenvalue weighted by Crippen LogP contribution is 2.28. The Morgan fingerprint density at radius 2 is 1.86 bits per heavy atom. The molecular weight excluding hydrogens is 344 g/mol. The monoisotopic (exact) mass is 372 g/mol. The molecule has 1 aromatic heterocycles. The molecule has 0 aliphatic rings. The molecule has 0 saturated heterocycles. The minimum absolute atomic E-state index is 0.00345. The van der Waals surface area contributed by atoms with E-state index < -0.39 is 0 Å². The standard InChI is InChI=1S/C25H28N2O/c1-4-5-21-10-11-22(25-16-26-13-12-23(25)17-28)14-24(21)19(3)27-15-20-8-6-18(2)7-9-20/h6-14,16,27-28H,3-5,15,17H2,1-2H3. The smallest absolute Gasteiger partial charge is 0.0689 e. The van der Waals surface area contributed by atoms with Gasteiger partial charge in [0, 0.05) is 35.8 Å². The number of hydrogen-bond acceptors (Lipinski definition) is 3. The lowest BCUT2D eigenvalue weighted by molar-refractivity contribution is 0.282. The predicted molar refractivity (Wildman–Crippen MR) is 117 cm³/mol. The van der Waals surface area contributed by atoms with Gasteiger partial charge in [-0.1, -0.05) is 61.9 Å². The van der Waals surface area contributed by atoms with E-state index in [1.807, 2.05) is 12.3 Å². The van der Waals surface area contributed by atoms with Crippen molar-refractivity contribution < 1.29 is 5.11 Å². The number of hydrogen-bond donors (Lipinski definition) is 2. The maximum absolute atomic E-state index is 9.67. The maximum Gasteiger partial charge on any atom is 0.0689 e. The summed E-state index contributed by atoms with van der Waals surface area (Å²) >= 11 is 0. The lowest BCUT2D eigenvalue weighted by Crippen LogP contribution is -2.12. The summed E-state index contributed by atoms with van der Waals surface area (Å²) in [5.41, 5.74) is 8.70. The Hall–Kier alpha value is -2.91. The summed E-state index contributed by atoms with van der Waals surface area (Å²) in [7, 11) is 0. The van der Waals surface area contributed by atoms with E-state index in [1.165, 1.54) is 16.7 Å². The first-order chi connectivity index (χ1) is 13.6. The van der Waals surface area contributed by atoms with Gasteiger partial charge >= 0.3 is 0 Å². The van der Waals surface area contributed by atoms with Crippen molar-refractivity contribution in [3.63, 3.8) is 0 Å². The van der Waals surface area contributed by atoms with Crippen LogP contribution in [0.15, 0.2) is 67.5 Å². The Kier molecular flexibility index (Phi) is 6.62. The van der Waals surface area contributed by atoms with Crippen molar-refractivity contribution >= 4 is 5.70 Å². The van der Waals surface area contributed by atoms with Crippen molar-refractivity contribution in [1.82, 2.24) is 10.3 Å². The van der Waals surface area contributed by atoms with Gasteiger partial charge in [-0.05, 0) is 47.7 Å². The number of pyridine rings is 1. The van der Waals surface area contributed by atoms with E-state index in [9.17, 15) is 5.11 Å². The predicted octanol–water partition coefficient (Wildman–Crippen LogP) is 5.26. The molecule has 0 bridgehead atoms. The minimum atomic E-state index is -0.00345. The van der Waals surface area contributed by atoms with Gasteiger partial charge in [0.1, 0.15) is 0 Å². The number of aryl methyl sites for hydroxylation is 2. The van der Waals surface area contributed by atoms with Gasteiger partial charge in [-0.25, -0.2) is 0 Å². The highest BCUT2D eigenvalue weighted by Gasteiger charge is 2.11. The molecule has 1 heterocycles. The summed E-state index contributed by atoms with van der Waals surface area (Å²) in [5.74, 6) is 0. The molecule has 2 aromatic carbocycles. The van der Waals surface area contributed by atoms with Crippen LogP contribution in [0.25, 0.3) is 16.8 Å². The number of nitrogens with one attached hydrogen (secondary N) is 1. The lowest BCUT2D eigenvalue weighted by atomic mass is 9.94. The molecule has 0 saturated carbocycles. The molecule has 3 rings (SSSR count). The van der Waals surface area contributed by atoms with Crippen LogP contribution in [-0.4, -0.2) is 10.1 Å². The third kappa shape index (κ3) is 4.68. The van der Waals surface area contributed by atoms with Crippen molar-refractivity contribution in [2.75, 3.05) is 0 Å². The molecule has 0 radical (unpaired) electrons. The van der Waals surface area contributed by atoms with Gasteiger partial charge in [0.05, 0.1) is 6.61 Å². The molecule has 0 amide bonds. The second kappa shape index (κ2) is 9.34. The van der Waals surface area contributed by atoms with E-state index in [4.69, 9.17) is 0 Å². The molecule has 144 valence electrons. The lowest BCUT2D eigenvalue weighted by Gasteiger charge is -2.17. The first-order valence-corrected chi connectivity index (χ1v) is 9.78. The van der Waals surface area contributed by atoms with E-state index >= 15 is 0 Å². The van der Waals surface area contributed by atoms with Crippen molar-refractivity contribution in [2.24, 2.45) is 0 Å². The minimum Gasteiger partial charge on any atom is -0.392 e. The summed E-state index contributed by atoms with van der Waals surface area (Å²) in [4.78, 5) is 4.24. The highest BCUT2D eigenvalue weighted by atomic mass is 16.3. The molecule has 28 heavy (non-hydrogen) atoms. The number of aromatic nitrogens is 1. The zero-order valence-electron chi connectivity index (χ0n) is 16.7. The molecule has 3 heteroatoms. The molecular formula is C25H28N2O. The van der Waals surface area contributed by atoms with Gasteiger partial charge in [-0.2, -0.15) is 0 Å². The fourth-order valence-electron chi connectivity index (χ4n) is 3.34. The van der Waals surface area contributed by atoms with Gasteiger partial charge in [-0.15, -0.1) is 0 Å². The second-order valence-corrected chi connectivity index (χ2v) is 7.13.